The highest BCUT2D eigenvalue weighted by molar-refractivity contribution is 6.31. The molecule has 0 radical (unpaired) electrons. The lowest BCUT2D eigenvalue weighted by Crippen LogP contribution is -2.34. The molecule has 0 saturated carbocycles. The molecule has 0 spiro atoms. The standard InChI is InChI=1S/C13H20ClNO3/c1-10(16)6-15-7-12(17)9-18-8-11-4-2-3-5-13(11)14/h2-5,10,12,15-17H,6-9H2,1H3. The van der Waals surface area contributed by atoms with Gasteiger partial charge in [0.2, 0.25) is 0 Å². The number of aliphatic hydroxyl groups is 2. The number of ether oxygens (including phenoxy) is 1. The molecule has 0 heterocycles. The molecule has 0 saturated heterocycles. The van der Waals surface area contributed by atoms with E-state index >= 15 is 0 Å². The van der Waals surface area contributed by atoms with Gasteiger partial charge in [0, 0.05) is 18.1 Å². The first kappa shape index (κ1) is 15.4. The van der Waals surface area contributed by atoms with E-state index < -0.39 is 12.2 Å². The predicted octanol–water partition coefficient (Wildman–Crippen LogP) is 1.19. The molecule has 0 aliphatic heterocycles. The first-order chi connectivity index (χ1) is 8.59. The molecule has 0 amide bonds. The molecule has 2 atom stereocenters. The van der Waals surface area contributed by atoms with Gasteiger partial charge in [-0.3, -0.25) is 0 Å². The molecule has 1 rings (SSSR count). The van der Waals surface area contributed by atoms with E-state index in [4.69, 9.17) is 21.4 Å². The van der Waals surface area contributed by atoms with Crippen LogP contribution in [0.15, 0.2) is 24.3 Å². The van der Waals surface area contributed by atoms with Gasteiger partial charge >= 0.3 is 0 Å². The van der Waals surface area contributed by atoms with Crippen LogP contribution in [0.1, 0.15) is 12.5 Å². The fourth-order valence-corrected chi connectivity index (χ4v) is 1.63. The van der Waals surface area contributed by atoms with Crippen LogP contribution in [-0.4, -0.2) is 42.1 Å². The maximum absolute atomic E-state index is 9.61. The molecule has 3 N–H and O–H groups in total. The SMILES string of the molecule is CC(O)CNCC(O)COCc1ccccc1Cl. The number of benzene rings is 1. The average Bonchev–Trinajstić information content (AvgIpc) is 2.31. The van der Waals surface area contributed by atoms with Crippen molar-refractivity contribution in [2.24, 2.45) is 0 Å². The van der Waals surface area contributed by atoms with Crippen molar-refractivity contribution in [3.05, 3.63) is 34.9 Å². The molecular weight excluding hydrogens is 254 g/mol. The zero-order chi connectivity index (χ0) is 13.4. The molecule has 1 aromatic rings. The summed E-state index contributed by atoms with van der Waals surface area (Å²) < 4.78 is 5.38. The fraction of sp³-hybridized carbons (Fsp3) is 0.538. The molecule has 1 aromatic carbocycles. The molecule has 0 fully saturated rings. The lowest BCUT2D eigenvalue weighted by molar-refractivity contribution is 0.0277. The summed E-state index contributed by atoms with van der Waals surface area (Å²) in [5.74, 6) is 0. The Balaban J connectivity index is 2.15. The summed E-state index contributed by atoms with van der Waals surface area (Å²) in [6, 6.07) is 7.45. The number of halogens is 1. The smallest absolute Gasteiger partial charge is 0.0897 e. The highest BCUT2D eigenvalue weighted by atomic mass is 35.5. The van der Waals surface area contributed by atoms with Crippen molar-refractivity contribution in [2.75, 3.05) is 19.7 Å². The molecular formula is C13H20ClNO3. The lowest BCUT2D eigenvalue weighted by atomic mass is 10.2. The minimum absolute atomic E-state index is 0.234. The lowest BCUT2D eigenvalue weighted by Gasteiger charge is -2.13. The van der Waals surface area contributed by atoms with Gasteiger partial charge in [-0.1, -0.05) is 29.8 Å². The van der Waals surface area contributed by atoms with E-state index in [0.717, 1.165) is 5.56 Å². The highest BCUT2D eigenvalue weighted by Crippen LogP contribution is 2.15. The zero-order valence-corrected chi connectivity index (χ0v) is 11.2. The number of nitrogens with one attached hydrogen (secondary N) is 1. The van der Waals surface area contributed by atoms with Crippen molar-refractivity contribution in [1.82, 2.24) is 5.32 Å². The third-order valence-corrected chi connectivity index (χ3v) is 2.71. The Morgan fingerprint density at radius 1 is 1.28 bits per heavy atom. The van der Waals surface area contributed by atoms with Crippen LogP contribution in [-0.2, 0) is 11.3 Å². The van der Waals surface area contributed by atoms with Gasteiger partial charge in [-0.2, -0.15) is 0 Å². The van der Waals surface area contributed by atoms with Gasteiger partial charge in [0.25, 0.3) is 0 Å². The van der Waals surface area contributed by atoms with Crippen LogP contribution in [0, 0.1) is 0 Å². The van der Waals surface area contributed by atoms with Gasteiger partial charge in [0.05, 0.1) is 25.4 Å². The van der Waals surface area contributed by atoms with Crippen LogP contribution in [0.4, 0.5) is 0 Å². The number of hydrogen-bond donors (Lipinski definition) is 3. The minimum Gasteiger partial charge on any atom is -0.392 e. The summed E-state index contributed by atoms with van der Waals surface area (Å²) in [6.45, 7) is 3.16. The molecule has 102 valence electrons. The van der Waals surface area contributed by atoms with Gasteiger partial charge in [-0.15, -0.1) is 0 Å². The number of hydrogen-bond acceptors (Lipinski definition) is 4. The van der Waals surface area contributed by atoms with Crippen molar-refractivity contribution in [2.45, 2.75) is 25.7 Å². The normalized spacial score (nSPS) is 14.4. The van der Waals surface area contributed by atoms with Crippen molar-refractivity contribution in [3.8, 4) is 0 Å². The van der Waals surface area contributed by atoms with Gasteiger partial charge in [0.15, 0.2) is 0 Å². The molecule has 0 bridgehead atoms. The summed E-state index contributed by atoms with van der Waals surface area (Å²) >= 11 is 5.98. The summed E-state index contributed by atoms with van der Waals surface area (Å²) in [5.41, 5.74) is 0.906. The van der Waals surface area contributed by atoms with Crippen LogP contribution in [0.3, 0.4) is 0 Å². The summed E-state index contributed by atoms with van der Waals surface area (Å²) in [7, 11) is 0. The first-order valence-corrected chi connectivity index (χ1v) is 6.35. The zero-order valence-electron chi connectivity index (χ0n) is 10.5. The van der Waals surface area contributed by atoms with Crippen LogP contribution in [0.2, 0.25) is 5.02 Å². The third-order valence-electron chi connectivity index (χ3n) is 2.35. The molecule has 2 unspecified atom stereocenters. The van der Waals surface area contributed by atoms with Gasteiger partial charge in [-0.05, 0) is 18.6 Å². The Morgan fingerprint density at radius 3 is 2.67 bits per heavy atom. The van der Waals surface area contributed by atoms with Crippen LogP contribution in [0.25, 0.3) is 0 Å². The Morgan fingerprint density at radius 2 is 2.00 bits per heavy atom. The van der Waals surface area contributed by atoms with E-state index in [2.05, 4.69) is 5.32 Å². The highest BCUT2D eigenvalue weighted by Gasteiger charge is 2.06. The third kappa shape index (κ3) is 6.33. The Hall–Kier alpha value is -0.650. The monoisotopic (exact) mass is 273 g/mol. The van der Waals surface area contributed by atoms with Crippen molar-refractivity contribution in [3.63, 3.8) is 0 Å². The van der Waals surface area contributed by atoms with E-state index in [1.165, 1.54) is 0 Å². The largest absolute Gasteiger partial charge is 0.392 e. The maximum Gasteiger partial charge on any atom is 0.0897 e. The van der Waals surface area contributed by atoms with E-state index in [-0.39, 0.29) is 6.61 Å². The van der Waals surface area contributed by atoms with Crippen molar-refractivity contribution < 1.29 is 14.9 Å². The van der Waals surface area contributed by atoms with E-state index in [1.807, 2.05) is 18.2 Å². The van der Waals surface area contributed by atoms with Gasteiger partial charge in [-0.25, -0.2) is 0 Å². The fourth-order valence-electron chi connectivity index (χ4n) is 1.44. The minimum atomic E-state index is -0.591. The van der Waals surface area contributed by atoms with Crippen molar-refractivity contribution >= 4 is 11.6 Å². The van der Waals surface area contributed by atoms with Gasteiger partial charge < -0.3 is 20.3 Å². The van der Waals surface area contributed by atoms with E-state index in [0.29, 0.717) is 24.7 Å². The first-order valence-electron chi connectivity index (χ1n) is 5.97. The summed E-state index contributed by atoms with van der Waals surface area (Å²) in [5, 5.41) is 22.2. The quantitative estimate of drug-likeness (QED) is 0.666. The second-order valence-electron chi connectivity index (χ2n) is 4.27. The van der Waals surface area contributed by atoms with Gasteiger partial charge in [0.1, 0.15) is 0 Å². The molecule has 0 aliphatic rings. The van der Waals surface area contributed by atoms with Crippen molar-refractivity contribution in [1.29, 1.82) is 0 Å². The van der Waals surface area contributed by atoms with Crippen LogP contribution in [0.5, 0.6) is 0 Å². The number of rotatable bonds is 8. The molecule has 0 aromatic heterocycles. The van der Waals surface area contributed by atoms with Crippen LogP contribution < -0.4 is 5.32 Å². The van der Waals surface area contributed by atoms with E-state index in [9.17, 15) is 5.11 Å². The Bertz CT molecular complexity index is 347. The summed E-state index contributed by atoms with van der Waals surface area (Å²) in [6.07, 6.45) is -1.01. The summed E-state index contributed by atoms with van der Waals surface area (Å²) in [4.78, 5) is 0. The molecule has 0 aliphatic carbocycles. The van der Waals surface area contributed by atoms with E-state index in [1.54, 1.807) is 13.0 Å². The topological polar surface area (TPSA) is 61.7 Å². The second kappa shape index (κ2) is 8.45. The second-order valence-corrected chi connectivity index (χ2v) is 4.67. The molecule has 18 heavy (non-hydrogen) atoms. The predicted molar refractivity (Wildman–Crippen MR) is 71.7 cm³/mol. The Labute approximate surface area is 113 Å². The Kier molecular flexibility index (Phi) is 7.23. The maximum atomic E-state index is 9.61. The average molecular weight is 274 g/mol. The molecule has 4 nitrogen and oxygen atoms in total. The molecule has 5 heteroatoms. The van der Waals surface area contributed by atoms with Crippen LogP contribution >= 0.6 is 11.6 Å². The number of aliphatic hydroxyl groups excluding tert-OH is 2.